The van der Waals surface area contributed by atoms with E-state index < -0.39 is 0 Å². The molecule has 0 spiro atoms. The summed E-state index contributed by atoms with van der Waals surface area (Å²) in [5, 5.41) is 15.0. The quantitative estimate of drug-likeness (QED) is 0.418. The van der Waals surface area contributed by atoms with Gasteiger partial charge in [0.25, 0.3) is 5.91 Å². The SMILES string of the molecule is N#C/C(=C/NCCCN1CCCC1=O)C(=O)NC1CCCC1. The van der Waals surface area contributed by atoms with Crippen LogP contribution in [-0.4, -0.2) is 42.4 Å². The molecule has 2 amide bonds. The van der Waals surface area contributed by atoms with Crippen molar-refractivity contribution in [2.24, 2.45) is 0 Å². The van der Waals surface area contributed by atoms with E-state index in [0.717, 1.165) is 51.6 Å². The van der Waals surface area contributed by atoms with Crippen molar-refractivity contribution in [1.82, 2.24) is 15.5 Å². The molecule has 0 radical (unpaired) electrons. The summed E-state index contributed by atoms with van der Waals surface area (Å²) >= 11 is 0. The van der Waals surface area contributed by atoms with Gasteiger partial charge in [-0.25, -0.2) is 0 Å². The van der Waals surface area contributed by atoms with Gasteiger partial charge in [0.15, 0.2) is 0 Å². The van der Waals surface area contributed by atoms with Gasteiger partial charge in [0.2, 0.25) is 5.91 Å². The first kappa shape index (κ1) is 16.3. The first-order valence-corrected chi connectivity index (χ1v) is 8.13. The highest BCUT2D eigenvalue weighted by Gasteiger charge is 2.20. The Morgan fingerprint density at radius 2 is 2.14 bits per heavy atom. The molecule has 6 heteroatoms. The molecule has 2 N–H and O–H groups in total. The van der Waals surface area contributed by atoms with Crippen molar-refractivity contribution in [3.05, 3.63) is 11.8 Å². The minimum Gasteiger partial charge on any atom is -0.390 e. The Balaban J connectivity index is 1.66. The van der Waals surface area contributed by atoms with E-state index in [4.69, 9.17) is 5.26 Å². The van der Waals surface area contributed by atoms with Crippen molar-refractivity contribution in [3.63, 3.8) is 0 Å². The molecule has 1 aliphatic heterocycles. The third-order valence-corrected chi connectivity index (χ3v) is 4.22. The fraction of sp³-hybridized carbons (Fsp3) is 0.688. The van der Waals surface area contributed by atoms with Crippen LogP contribution in [0, 0.1) is 11.3 Å². The summed E-state index contributed by atoms with van der Waals surface area (Å²) in [7, 11) is 0. The minimum atomic E-state index is -0.295. The number of carbonyl (C=O) groups excluding carboxylic acids is 2. The summed E-state index contributed by atoms with van der Waals surface area (Å²) in [6.45, 7) is 2.23. The predicted octanol–water partition coefficient (Wildman–Crippen LogP) is 1.05. The van der Waals surface area contributed by atoms with Crippen molar-refractivity contribution in [1.29, 1.82) is 5.26 Å². The molecular formula is C16H24N4O2. The number of amides is 2. The fourth-order valence-corrected chi connectivity index (χ4v) is 2.97. The molecule has 0 aromatic heterocycles. The van der Waals surface area contributed by atoms with Crippen LogP contribution >= 0.6 is 0 Å². The molecule has 0 bridgehead atoms. The Labute approximate surface area is 131 Å². The molecule has 2 aliphatic rings. The first-order valence-electron chi connectivity index (χ1n) is 8.13. The molecule has 0 aromatic carbocycles. The number of carbonyl (C=O) groups is 2. The number of hydrogen-bond acceptors (Lipinski definition) is 4. The number of nitrogens with zero attached hydrogens (tertiary/aromatic N) is 2. The average molecular weight is 304 g/mol. The lowest BCUT2D eigenvalue weighted by Crippen LogP contribution is -2.34. The number of likely N-dealkylation sites (tertiary alicyclic amines) is 1. The summed E-state index contributed by atoms with van der Waals surface area (Å²) in [6.07, 6.45) is 8.19. The molecular weight excluding hydrogens is 280 g/mol. The Morgan fingerprint density at radius 1 is 1.36 bits per heavy atom. The Hall–Kier alpha value is -2.03. The van der Waals surface area contributed by atoms with E-state index in [1.807, 2.05) is 11.0 Å². The molecule has 0 aromatic rings. The molecule has 120 valence electrons. The minimum absolute atomic E-state index is 0.115. The summed E-state index contributed by atoms with van der Waals surface area (Å²) in [6, 6.07) is 2.15. The third kappa shape index (κ3) is 4.76. The van der Waals surface area contributed by atoms with E-state index in [9.17, 15) is 9.59 Å². The lowest BCUT2D eigenvalue weighted by atomic mass is 10.2. The second kappa shape index (κ2) is 8.42. The highest BCUT2D eigenvalue weighted by Crippen LogP contribution is 2.17. The molecule has 1 aliphatic carbocycles. The maximum atomic E-state index is 12.0. The third-order valence-electron chi connectivity index (χ3n) is 4.22. The summed E-state index contributed by atoms with van der Waals surface area (Å²) in [5.74, 6) is -0.0687. The lowest BCUT2D eigenvalue weighted by Gasteiger charge is -2.15. The van der Waals surface area contributed by atoms with Crippen LogP contribution in [0.3, 0.4) is 0 Å². The monoisotopic (exact) mass is 304 g/mol. The molecule has 2 fully saturated rings. The molecule has 1 heterocycles. The molecule has 2 rings (SSSR count). The molecule has 1 saturated heterocycles. The zero-order chi connectivity index (χ0) is 15.8. The van der Waals surface area contributed by atoms with E-state index in [0.29, 0.717) is 13.0 Å². The maximum absolute atomic E-state index is 12.0. The smallest absolute Gasteiger partial charge is 0.263 e. The highest BCUT2D eigenvalue weighted by molar-refractivity contribution is 5.97. The summed E-state index contributed by atoms with van der Waals surface area (Å²) in [5.41, 5.74) is 0.115. The largest absolute Gasteiger partial charge is 0.390 e. The van der Waals surface area contributed by atoms with E-state index in [1.54, 1.807) is 0 Å². The number of rotatable bonds is 7. The van der Waals surface area contributed by atoms with Crippen LogP contribution < -0.4 is 10.6 Å². The maximum Gasteiger partial charge on any atom is 0.263 e. The van der Waals surface area contributed by atoms with E-state index in [2.05, 4.69) is 10.6 Å². The van der Waals surface area contributed by atoms with Gasteiger partial charge in [-0.1, -0.05) is 12.8 Å². The zero-order valence-corrected chi connectivity index (χ0v) is 12.9. The summed E-state index contributed by atoms with van der Waals surface area (Å²) < 4.78 is 0. The Kier molecular flexibility index (Phi) is 6.26. The van der Waals surface area contributed by atoms with Gasteiger partial charge in [0.1, 0.15) is 11.6 Å². The van der Waals surface area contributed by atoms with Gasteiger partial charge in [-0.05, 0) is 25.7 Å². The van der Waals surface area contributed by atoms with Gasteiger partial charge in [0, 0.05) is 38.3 Å². The van der Waals surface area contributed by atoms with Crippen molar-refractivity contribution in [2.75, 3.05) is 19.6 Å². The number of hydrogen-bond donors (Lipinski definition) is 2. The number of nitrogens with one attached hydrogen (secondary N) is 2. The summed E-state index contributed by atoms with van der Waals surface area (Å²) in [4.78, 5) is 25.3. The van der Waals surface area contributed by atoms with Crippen LogP contribution in [-0.2, 0) is 9.59 Å². The van der Waals surface area contributed by atoms with Crippen molar-refractivity contribution < 1.29 is 9.59 Å². The van der Waals surface area contributed by atoms with Gasteiger partial charge >= 0.3 is 0 Å². The fourth-order valence-electron chi connectivity index (χ4n) is 2.97. The molecule has 1 saturated carbocycles. The van der Waals surface area contributed by atoms with Crippen LogP contribution in [0.1, 0.15) is 44.9 Å². The Bertz CT molecular complexity index is 475. The van der Waals surface area contributed by atoms with Gasteiger partial charge in [0.05, 0.1) is 0 Å². The second-order valence-electron chi connectivity index (χ2n) is 5.92. The van der Waals surface area contributed by atoms with Crippen molar-refractivity contribution in [3.8, 4) is 6.07 Å². The van der Waals surface area contributed by atoms with Gasteiger partial charge in [-0.3, -0.25) is 9.59 Å². The van der Waals surface area contributed by atoms with Crippen LogP contribution in [0.15, 0.2) is 11.8 Å². The molecule has 0 atom stereocenters. The van der Waals surface area contributed by atoms with Crippen molar-refractivity contribution in [2.45, 2.75) is 51.0 Å². The average Bonchev–Trinajstić information content (AvgIpc) is 3.15. The standard InChI is InChI=1S/C16H24N4O2/c17-11-13(16(22)19-14-5-1-2-6-14)12-18-8-4-10-20-9-3-7-15(20)21/h12,14,18H,1-10H2,(H,19,22)/b13-12-. The van der Waals surface area contributed by atoms with Gasteiger partial charge in [-0.15, -0.1) is 0 Å². The van der Waals surface area contributed by atoms with Crippen LogP contribution in [0.2, 0.25) is 0 Å². The van der Waals surface area contributed by atoms with E-state index in [1.165, 1.54) is 6.20 Å². The lowest BCUT2D eigenvalue weighted by molar-refractivity contribution is -0.127. The zero-order valence-electron chi connectivity index (χ0n) is 12.9. The molecule has 0 unspecified atom stereocenters. The first-order chi connectivity index (χ1) is 10.7. The van der Waals surface area contributed by atoms with Crippen LogP contribution in [0.5, 0.6) is 0 Å². The molecule has 6 nitrogen and oxygen atoms in total. The van der Waals surface area contributed by atoms with E-state index in [-0.39, 0.29) is 23.4 Å². The predicted molar refractivity (Wildman–Crippen MR) is 82.5 cm³/mol. The second-order valence-corrected chi connectivity index (χ2v) is 5.92. The van der Waals surface area contributed by atoms with Crippen LogP contribution in [0.4, 0.5) is 0 Å². The van der Waals surface area contributed by atoms with Gasteiger partial charge < -0.3 is 15.5 Å². The van der Waals surface area contributed by atoms with Gasteiger partial charge in [-0.2, -0.15) is 5.26 Å². The van der Waals surface area contributed by atoms with E-state index >= 15 is 0 Å². The molecule has 22 heavy (non-hydrogen) atoms. The van der Waals surface area contributed by atoms with Crippen LogP contribution in [0.25, 0.3) is 0 Å². The van der Waals surface area contributed by atoms with Crippen molar-refractivity contribution >= 4 is 11.8 Å². The topological polar surface area (TPSA) is 85.2 Å². The number of nitriles is 1. The highest BCUT2D eigenvalue weighted by atomic mass is 16.2. The Morgan fingerprint density at radius 3 is 2.77 bits per heavy atom. The normalized spacial score (nSPS) is 19.3.